The zero-order valence-electron chi connectivity index (χ0n) is 5.29. The molecule has 0 aromatic heterocycles. The minimum atomic E-state index is -5.17. The van der Waals surface area contributed by atoms with E-state index < -0.39 is 20.8 Å². The molecule has 0 bridgehead atoms. The molecule has 0 aromatic carbocycles. The normalized spacial score (nSPS) is 9.67. The van der Waals surface area contributed by atoms with E-state index in [4.69, 9.17) is 35.0 Å². The first-order valence-electron chi connectivity index (χ1n) is 1.33. The smallest absolute Gasteiger partial charge is 0.873 e. The van der Waals surface area contributed by atoms with Gasteiger partial charge in [0.1, 0.15) is 0 Å². The maximum atomic E-state index is 8.52. The molecule has 9 nitrogen and oxygen atoms in total. The molecule has 0 saturated heterocycles. The van der Waals surface area contributed by atoms with Crippen molar-refractivity contribution in [1.82, 2.24) is 0 Å². The summed E-state index contributed by atoms with van der Waals surface area (Å²) >= 11 is 0. The van der Waals surface area contributed by atoms with E-state index in [0.29, 0.717) is 0 Å². The molecule has 0 fully saturated rings. The largest absolute Gasteiger partial charge is 2.00 e. The summed E-state index contributed by atoms with van der Waals surface area (Å²) in [5, 5.41) is 0. The molecule has 0 saturated carbocycles. The van der Waals surface area contributed by atoms with E-state index in [0.717, 1.165) is 0 Å². The van der Waals surface area contributed by atoms with Gasteiger partial charge in [0.25, 0.3) is 0 Å². The Morgan fingerprint density at radius 1 is 0.667 bits per heavy atom. The van der Waals surface area contributed by atoms with E-state index in [9.17, 15) is 0 Å². The van der Waals surface area contributed by atoms with Crippen molar-refractivity contribution >= 4 is 48.1 Å². The van der Waals surface area contributed by atoms with Crippen molar-refractivity contribution in [3.05, 3.63) is 0 Å². The predicted octanol–water partition coefficient (Wildman–Crippen LogP) is -4.25. The Morgan fingerprint density at radius 2 is 0.667 bits per heavy atom. The van der Waals surface area contributed by atoms with E-state index in [1.807, 2.05) is 0 Å². The van der Waals surface area contributed by atoms with Crippen molar-refractivity contribution in [2.45, 2.75) is 0 Å². The third-order valence-electron chi connectivity index (χ3n) is 0. The van der Waals surface area contributed by atoms with Crippen LogP contribution in [0.5, 0.6) is 0 Å². The number of hydrogen-bond donors (Lipinski definition) is 0. The van der Waals surface area contributed by atoms with Gasteiger partial charge in [0, 0.05) is 20.8 Å². The topological polar surface area (TPSA) is 195 Å². The van der Waals surface area contributed by atoms with Crippen LogP contribution in [0.4, 0.5) is 0 Å². The molecule has 0 rings (SSSR count). The van der Waals surface area contributed by atoms with Crippen molar-refractivity contribution in [3.63, 3.8) is 0 Å². The van der Waals surface area contributed by atoms with Crippen molar-refractivity contribution in [1.29, 1.82) is 0 Å². The fraction of sp³-hybridized carbons (Fsp3) is 0. The van der Waals surface area contributed by atoms with Gasteiger partial charge in [-0.15, -0.1) is 0 Å². The predicted molar refractivity (Wildman–Crippen MR) is 33.0 cm³/mol. The number of rotatable bonds is 0. The van der Waals surface area contributed by atoms with E-state index in [-0.39, 0.29) is 32.8 Å². The summed E-state index contributed by atoms with van der Waals surface area (Å²) in [7, 11) is -10.3. The first-order chi connectivity index (χ1) is 4.00. The zero-order valence-corrected chi connectivity index (χ0v) is 10.8. The first kappa shape index (κ1) is 22.9. The molecule has 0 spiro atoms. The van der Waals surface area contributed by atoms with Crippen LogP contribution in [0.2, 0.25) is 0 Å². The van der Waals surface area contributed by atoms with Crippen LogP contribution < -0.4 is 0 Å². The van der Waals surface area contributed by atoms with Crippen molar-refractivity contribution in [2.24, 2.45) is 0 Å². The van der Waals surface area contributed by atoms with E-state index in [1.54, 1.807) is 0 Å². The van der Waals surface area contributed by atoms with Crippen LogP contribution in [0.15, 0.2) is 0 Å². The van der Waals surface area contributed by atoms with Crippen LogP contribution >= 0.6 is 0 Å². The van der Waals surface area contributed by atoms with E-state index in [1.165, 1.54) is 0 Å². The Balaban J connectivity index is -0.0000000457. The Morgan fingerprint density at radius 3 is 0.667 bits per heavy atom. The Labute approximate surface area is 88.4 Å². The third kappa shape index (κ3) is 2540. The molecular formula is H4O9PbS2. The van der Waals surface area contributed by atoms with Crippen LogP contribution in [0.3, 0.4) is 0 Å². The van der Waals surface area contributed by atoms with Gasteiger partial charge in [0.15, 0.2) is 0 Å². The average Bonchev–Trinajstić information content (AvgIpc) is 1.12. The Bertz CT molecular complexity index is 209. The maximum Gasteiger partial charge on any atom is 2.00 e. The fourth-order valence-electron chi connectivity index (χ4n) is 0. The average molecular weight is 419 g/mol. The van der Waals surface area contributed by atoms with E-state index >= 15 is 0 Å². The molecule has 4 N–H and O–H groups in total. The standard InChI is InChI=1S/2H2O4S.H4O.Pb/c2*1-5(2,3)4;;/h2*(H2,1,2,3,4);1H4;/q;;2*+2/p-4. The second kappa shape index (κ2) is 8.23. The van der Waals surface area contributed by atoms with Crippen LogP contribution in [0.1, 0.15) is 0 Å². The summed E-state index contributed by atoms with van der Waals surface area (Å²) in [5.41, 5.74) is 0. The van der Waals surface area contributed by atoms with Crippen LogP contribution in [0.25, 0.3) is 0 Å². The second-order valence-corrected chi connectivity index (χ2v) is 2.45. The third-order valence-corrected chi connectivity index (χ3v) is 0. The van der Waals surface area contributed by atoms with Gasteiger partial charge in [-0.1, -0.05) is 0 Å². The summed E-state index contributed by atoms with van der Waals surface area (Å²) in [6, 6.07) is 0. The molecule has 0 aliphatic carbocycles. The summed E-state index contributed by atoms with van der Waals surface area (Å²) in [5.74, 6) is 0. The van der Waals surface area contributed by atoms with Gasteiger partial charge in [-0.25, -0.2) is 0 Å². The van der Waals surface area contributed by atoms with Gasteiger partial charge in [-0.2, -0.15) is 0 Å². The minimum absolute atomic E-state index is 0. The summed E-state index contributed by atoms with van der Waals surface area (Å²) in [4.78, 5) is 0. The molecule has 0 aliphatic heterocycles. The zero-order chi connectivity index (χ0) is 9.00. The maximum absolute atomic E-state index is 8.52. The quantitative estimate of drug-likeness (QED) is 0.214. The summed E-state index contributed by atoms with van der Waals surface area (Å²) in [6.45, 7) is 0. The molecular weight excluding hydrogens is 415 g/mol. The molecule has 0 amide bonds. The van der Waals surface area contributed by atoms with Gasteiger partial charge in [-0.05, 0) is 0 Å². The SMILES string of the molecule is O=S(=O)([O-])[O-].O=S(=O)([O-])[O-].[OH4+2].[Pb+2]. The fourth-order valence-corrected chi connectivity index (χ4v) is 0. The molecule has 12 heavy (non-hydrogen) atoms. The van der Waals surface area contributed by atoms with Crippen molar-refractivity contribution in [3.8, 4) is 0 Å². The van der Waals surface area contributed by atoms with Crippen LogP contribution in [0, 0.1) is 0 Å². The van der Waals surface area contributed by atoms with Crippen LogP contribution in [-0.2, 0) is 26.3 Å². The van der Waals surface area contributed by atoms with Crippen molar-refractivity contribution in [2.75, 3.05) is 0 Å². The van der Waals surface area contributed by atoms with Gasteiger partial charge in [0.05, 0.1) is 0 Å². The Kier molecular flexibility index (Phi) is 15.7. The molecule has 0 atom stereocenters. The molecule has 0 aliphatic rings. The molecule has 2 radical (unpaired) electrons. The van der Waals surface area contributed by atoms with Crippen LogP contribution in [-0.4, -0.2) is 62.3 Å². The van der Waals surface area contributed by atoms with Gasteiger partial charge in [-0.3, -0.25) is 16.8 Å². The summed E-state index contributed by atoms with van der Waals surface area (Å²) in [6.07, 6.45) is 0. The van der Waals surface area contributed by atoms with Crippen molar-refractivity contribution < 1.29 is 40.5 Å². The van der Waals surface area contributed by atoms with E-state index in [2.05, 4.69) is 0 Å². The van der Waals surface area contributed by atoms with Gasteiger partial charge < -0.3 is 23.7 Å². The van der Waals surface area contributed by atoms with Gasteiger partial charge in [0.2, 0.25) is 0 Å². The first-order valence-corrected chi connectivity index (χ1v) is 4.00. The molecule has 74 valence electrons. The monoisotopic (exact) mass is 420 g/mol. The Hall–Kier alpha value is 0.622. The minimum Gasteiger partial charge on any atom is -0.873 e. The number of hydrogen-bond acceptors (Lipinski definition) is 8. The second-order valence-electron chi connectivity index (χ2n) is 0.816. The molecule has 0 unspecified atom stereocenters. The molecule has 0 aromatic rings. The molecule has 0 heterocycles. The summed E-state index contributed by atoms with van der Waals surface area (Å²) < 4.78 is 68.2. The molecule has 12 heteroatoms. The van der Waals surface area contributed by atoms with Gasteiger partial charge >= 0.3 is 27.3 Å².